The van der Waals surface area contributed by atoms with E-state index in [0.717, 1.165) is 52.4 Å². The van der Waals surface area contributed by atoms with Crippen molar-refractivity contribution in [2.24, 2.45) is 0 Å². The maximum Gasteiger partial charge on any atom is 0.264 e. The summed E-state index contributed by atoms with van der Waals surface area (Å²) in [6, 6.07) is 18.9. The normalized spacial score (nSPS) is 14.5. The molecule has 1 unspecified atom stereocenters. The first-order chi connectivity index (χ1) is 19.5. The Labute approximate surface area is 252 Å². The van der Waals surface area contributed by atoms with Crippen LogP contribution in [0.5, 0.6) is 0 Å². The number of nitrogens with one attached hydrogen (secondary N) is 1. The van der Waals surface area contributed by atoms with Crippen LogP contribution in [0.1, 0.15) is 54.9 Å². The average molecular weight is 641 g/mol. The molecular weight excluding hydrogens is 602 g/mol. The molecule has 0 spiro atoms. The van der Waals surface area contributed by atoms with Crippen molar-refractivity contribution in [1.82, 2.24) is 10.2 Å². The van der Waals surface area contributed by atoms with Crippen molar-refractivity contribution in [2.75, 3.05) is 10.8 Å². The fourth-order valence-corrected chi connectivity index (χ4v) is 7.17. The van der Waals surface area contributed by atoms with Gasteiger partial charge in [-0.15, -0.1) is 0 Å². The number of halogens is 1. The maximum absolute atomic E-state index is 14.1. The molecule has 0 bridgehead atoms. The number of aryl methyl sites for hydroxylation is 3. The van der Waals surface area contributed by atoms with Gasteiger partial charge in [-0.2, -0.15) is 0 Å². The SMILES string of the molecule is Cc1ccc(S(=O)(=O)N(CC(=O)N(Cc2cccc(Br)c2)C(C)C(=O)NC2CCCC2)c2ccc(C)cc2C)cc1. The molecule has 2 amide bonds. The van der Waals surface area contributed by atoms with Crippen molar-refractivity contribution in [3.8, 4) is 0 Å². The molecule has 9 heteroatoms. The molecule has 1 saturated carbocycles. The summed E-state index contributed by atoms with van der Waals surface area (Å²) in [6.45, 7) is 7.07. The van der Waals surface area contributed by atoms with E-state index in [9.17, 15) is 18.0 Å². The van der Waals surface area contributed by atoms with Crippen LogP contribution in [0.2, 0.25) is 0 Å². The summed E-state index contributed by atoms with van der Waals surface area (Å²) in [6.07, 6.45) is 3.99. The Hall–Kier alpha value is -3.17. The largest absolute Gasteiger partial charge is 0.352 e. The zero-order valence-corrected chi connectivity index (χ0v) is 26.5. The molecule has 4 rings (SSSR count). The van der Waals surface area contributed by atoms with Crippen molar-refractivity contribution in [1.29, 1.82) is 0 Å². The number of hydrogen-bond acceptors (Lipinski definition) is 4. The number of sulfonamides is 1. The van der Waals surface area contributed by atoms with Gasteiger partial charge >= 0.3 is 0 Å². The first-order valence-corrected chi connectivity index (χ1v) is 16.2. The Balaban J connectivity index is 1.71. The molecule has 1 N–H and O–H groups in total. The fraction of sp³-hybridized carbons (Fsp3) is 0.375. The van der Waals surface area contributed by atoms with Gasteiger partial charge in [0.1, 0.15) is 12.6 Å². The van der Waals surface area contributed by atoms with Gasteiger partial charge in [0.25, 0.3) is 10.0 Å². The van der Waals surface area contributed by atoms with Crippen LogP contribution in [-0.4, -0.2) is 43.8 Å². The molecule has 0 radical (unpaired) electrons. The summed E-state index contributed by atoms with van der Waals surface area (Å²) < 4.78 is 30.1. The Kier molecular flexibility index (Phi) is 9.92. The van der Waals surface area contributed by atoms with E-state index in [-0.39, 0.29) is 23.4 Å². The maximum atomic E-state index is 14.1. The summed E-state index contributed by atoms with van der Waals surface area (Å²) in [5.41, 5.74) is 3.90. The molecule has 3 aromatic carbocycles. The lowest BCUT2D eigenvalue weighted by molar-refractivity contribution is -0.139. The second kappa shape index (κ2) is 13.2. The second-order valence-electron chi connectivity index (χ2n) is 10.9. The Morgan fingerprint density at radius 3 is 2.24 bits per heavy atom. The minimum Gasteiger partial charge on any atom is -0.352 e. The molecule has 1 aliphatic rings. The fourth-order valence-electron chi connectivity index (χ4n) is 5.24. The number of carbonyl (C=O) groups is 2. The number of carbonyl (C=O) groups excluding carboxylic acids is 2. The van der Waals surface area contributed by atoms with Gasteiger partial charge in [0.15, 0.2) is 0 Å². The number of nitrogens with zero attached hydrogens (tertiary/aromatic N) is 2. The van der Waals surface area contributed by atoms with E-state index >= 15 is 0 Å². The van der Waals surface area contributed by atoms with Gasteiger partial charge in [-0.3, -0.25) is 13.9 Å². The molecule has 1 aliphatic carbocycles. The van der Waals surface area contributed by atoms with E-state index in [1.165, 1.54) is 9.21 Å². The van der Waals surface area contributed by atoms with Crippen molar-refractivity contribution in [2.45, 2.75) is 76.9 Å². The summed E-state index contributed by atoms with van der Waals surface area (Å²) in [5, 5.41) is 3.10. The summed E-state index contributed by atoms with van der Waals surface area (Å²) in [4.78, 5) is 29.1. The van der Waals surface area contributed by atoms with Crippen LogP contribution in [0.15, 0.2) is 76.1 Å². The van der Waals surface area contributed by atoms with Gasteiger partial charge in [0, 0.05) is 17.1 Å². The third-order valence-electron chi connectivity index (χ3n) is 7.62. The van der Waals surface area contributed by atoms with Gasteiger partial charge < -0.3 is 10.2 Å². The highest BCUT2D eigenvalue weighted by Gasteiger charge is 2.34. The highest BCUT2D eigenvalue weighted by Crippen LogP contribution is 2.29. The number of benzene rings is 3. The molecule has 1 atom stereocenters. The smallest absolute Gasteiger partial charge is 0.264 e. The molecule has 7 nitrogen and oxygen atoms in total. The topological polar surface area (TPSA) is 86.8 Å². The molecule has 0 saturated heterocycles. The predicted molar refractivity (Wildman–Crippen MR) is 166 cm³/mol. The first kappa shape index (κ1) is 30.8. The molecule has 41 heavy (non-hydrogen) atoms. The zero-order valence-electron chi connectivity index (χ0n) is 24.1. The van der Waals surface area contributed by atoms with E-state index in [4.69, 9.17) is 0 Å². The van der Waals surface area contributed by atoms with Crippen LogP contribution in [0, 0.1) is 20.8 Å². The van der Waals surface area contributed by atoms with Crippen LogP contribution < -0.4 is 9.62 Å². The molecule has 3 aromatic rings. The number of hydrogen-bond donors (Lipinski definition) is 1. The lowest BCUT2D eigenvalue weighted by atomic mass is 10.1. The molecule has 218 valence electrons. The number of rotatable bonds is 10. The van der Waals surface area contributed by atoms with Crippen molar-refractivity contribution in [3.63, 3.8) is 0 Å². The summed E-state index contributed by atoms with van der Waals surface area (Å²) in [7, 11) is -4.10. The summed E-state index contributed by atoms with van der Waals surface area (Å²) >= 11 is 3.48. The third-order valence-corrected chi connectivity index (χ3v) is 9.89. The van der Waals surface area contributed by atoms with Crippen LogP contribution >= 0.6 is 15.9 Å². The number of amides is 2. The van der Waals surface area contributed by atoms with Crippen molar-refractivity contribution in [3.05, 3.63) is 93.5 Å². The third kappa shape index (κ3) is 7.57. The average Bonchev–Trinajstić information content (AvgIpc) is 3.43. The van der Waals surface area contributed by atoms with E-state index in [1.54, 1.807) is 37.3 Å². The van der Waals surface area contributed by atoms with Gasteiger partial charge in [0.2, 0.25) is 11.8 Å². The van der Waals surface area contributed by atoms with Crippen LogP contribution in [-0.2, 0) is 26.2 Å². The zero-order chi connectivity index (χ0) is 29.7. The van der Waals surface area contributed by atoms with E-state index in [1.807, 2.05) is 57.2 Å². The Morgan fingerprint density at radius 2 is 1.61 bits per heavy atom. The van der Waals surface area contributed by atoms with Gasteiger partial charge in [-0.1, -0.05) is 76.3 Å². The standard InChI is InChI=1S/C32H38BrN3O4S/c1-22-12-15-29(16-13-22)41(39,40)36(30-17-14-23(2)18-24(30)3)21-31(37)35(20-26-8-7-9-27(33)19-26)25(4)32(38)34-28-10-5-6-11-28/h7-9,12-19,25,28H,5-6,10-11,20-21H2,1-4H3,(H,34,38). The molecular formula is C32H38BrN3O4S. The molecule has 0 aliphatic heterocycles. The predicted octanol–water partition coefficient (Wildman–Crippen LogP) is 6.05. The quantitative estimate of drug-likeness (QED) is 0.293. The minimum absolute atomic E-state index is 0.0985. The lowest BCUT2D eigenvalue weighted by Gasteiger charge is -2.33. The van der Waals surface area contributed by atoms with Gasteiger partial charge in [-0.05, 0) is 82.0 Å². The molecule has 1 fully saturated rings. The first-order valence-electron chi connectivity index (χ1n) is 14.0. The van der Waals surface area contributed by atoms with E-state index < -0.39 is 28.5 Å². The monoisotopic (exact) mass is 639 g/mol. The molecule has 0 heterocycles. The number of anilines is 1. The van der Waals surface area contributed by atoms with Gasteiger partial charge in [-0.25, -0.2) is 8.42 Å². The van der Waals surface area contributed by atoms with Crippen LogP contribution in [0.25, 0.3) is 0 Å². The van der Waals surface area contributed by atoms with Crippen LogP contribution in [0.3, 0.4) is 0 Å². The van der Waals surface area contributed by atoms with E-state index in [0.29, 0.717) is 5.69 Å². The van der Waals surface area contributed by atoms with Crippen LogP contribution in [0.4, 0.5) is 5.69 Å². The van der Waals surface area contributed by atoms with Crippen molar-refractivity contribution < 1.29 is 18.0 Å². The summed E-state index contributed by atoms with van der Waals surface area (Å²) in [5.74, 6) is -0.700. The highest BCUT2D eigenvalue weighted by atomic mass is 79.9. The Morgan fingerprint density at radius 1 is 0.951 bits per heavy atom. The van der Waals surface area contributed by atoms with Gasteiger partial charge in [0.05, 0.1) is 10.6 Å². The highest BCUT2D eigenvalue weighted by molar-refractivity contribution is 9.10. The minimum atomic E-state index is -4.10. The lowest BCUT2D eigenvalue weighted by Crippen LogP contribution is -2.52. The van der Waals surface area contributed by atoms with Crippen molar-refractivity contribution >= 4 is 43.5 Å². The molecule has 0 aromatic heterocycles. The Bertz CT molecular complexity index is 1500. The second-order valence-corrected chi connectivity index (χ2v) is 13.7. The van der Waals surface area contributed by atoms with E-state index in [2.05, 4.69) is 21.2 Å².